The zero-order valence-corrected chi connectivity index (χ0v) is 10.4. The number of aromatic carboxylic acids is 1. The van der Waals surface area contributed by atoms with Crippen LogP contribution in [0.3, 0.4) is 0 Å². The van der Waals surface area contributed by atoms with Gasteiger partial charge in [0.2, 0.25) is 0 Å². The number of rotatable bonds is 5. The Bertz CT molecular complexity index is 660. The number of unbranched alkanes of at least 4 members (excludes halogenated alkanes) is 1. The van der Waals surface area contributed by atoms with Gasteiger partial charge < -0.3 is 14.8 Å². The van der Waals surface area contributed by atoms with Gasteiger partial charge >= 0.3 is 5.97 Å². The van der Waals surface area contributed by atoms with Crippen molar-refractivity contribution in [1.82, 2.24) is 4.57 Å². The number of aryl methyl sites for hydroxylation is 1. The third-order valence-electron chi connectivity index (χ3n) is 3.04. The molecule has 0 aliphatic heterocycles. The van der Waals surface area contributed by atoms with Crippen molar-refractivity contribution in [3.05, 3.63) is 46.2 Å². The number of aliphatic hydroxyl groups excluding tert-OH is 1. The van der Waals surface area contributed by atoms with Gasteiger partial charge in [-0.2, -0.15) is 0 Å². The lowest BCUT2D eigenvalue weighted by atomic mass is 10.1. The van der Waals surface area contributed by atoms with Crippen molar-refractivity contribution in [3.63, 3.8) is 0 Å². The van der Waals surface area contributed by atoms with E-state index in [1.165, 1.54) is 0 Å². The molecule has 0 aliphatic rings. The van der Waals surface area contributed by atoms with Gasteiger partial charge in [-0.15, -0.1) is 0 Å². The van der Waals surface area contributed by atoms with Crippen molar-refractivity contribution in [3.8, 4) is 0 Å². The van der Waals surface area contributed by atoms with Crippen LogP contribution in [0.5, 0.6) is 0 Å². The van der Waals surface area contributed by atoms with Crippen LogP contribution in [-0.4, -0.2) is 27.4 Å². The molecule has 100 valence electrons. The number of para-hydroxylation sites is 1. The normalized spacial score (nSPS) is 10.8. The highest BCUT2D eigenvalue weighted by atomic mass is 16.4. The summed E-state index contributed by atoms with van der Waals surface area (Å²) in [6, 6.07) is 8.11. The maximum Gasteiger partial charge on any atom is 0.336 e. The molecule has 0 atom stereocenters. The van der Waals surface area contributed by atoms with Gasteiger partial charge in [0.15, 0.2) is 0 Å². The van der Waals surface area contributed by atoms with Gasteiger partial charge in [-0.05, 0) is 18.9 Å². The van der Waals surface area contributed by atoms with Crippen LogP contribution in [0.2, 0.25) is 0 Å². The second-order valence-corrected chi connectivity index (χ2v) is 4.30. The predicted octanol–water partition coefficient (Wildman–Crippen LogP) is 1.47. The lowest BCUT2D eigenvalue weighted by molar-refractivity contribution is 0.0698. The lowest BCUT2D eigenvalue weighted by Crippen LogP contribution is -2.22. The molecule has 0 spiro atoms. The third kappa shape index (κ3) is 2.66. The quantitative estimate of drug-likeness (QED) is 0.799. The van der Waals surface area contributed by atoms with Gasteiger partial charge in [0.25, 0.3) is 5.56 Å². The van der Waals surface area contributed by atoms with E-state index in [4.69, 9.17) is 10.2 Å². The Labute approximate surface area is 109 Å². The Hall–Kier alpha value is -2.14. The molecule has 1 aromatic carbocycles. The number of carbonyl (C=O) groups is 1. The second-order valence-electron chi connectivity index (χ2n) is 4.30. The van der Waals surface area contributed by atoms with E-state index in [1.54, 1.807) is 28.8 Å². The summed E-state index contributed by atoms with van der Waals surface area (Å²) in [5.74, 6) is -1.10. The highest BCUT2D eigenvalue weighted by Gasteiger charge is 2.12. The SMILES string of the molecule is O=C(O)c1cc(=O)n(CCCCO)c2ccccc12. The molecule has 2 aromatic rings. The Morgan fingerprint density at radius 3 is 2.63 bits per heavy atom. The fourth-order valence-corrected chi connectivity index (χ4v) is 2.12. The number of aliphatic hydroxyl groups is 1. The first-order chi connectivity index (χ1) is 9.15. The van der Waals surface area contributed by atoms with Crippen LogP contribution in [0.15, 0.2) is 35.1 Å². The molecule has 5 heteroatoms. The first-order valence-electron chi connectivity index (χ1n) is 6.12. The smallest absolute Gasteiger partial charge is 0.336 e. The molecule has 0 bridgehead atoms. The van der Waals surface area contributed by atoms with Crippen LogP contribution in [0.4, 0.5) is 0 Å². The molecule has 0 fully saturated rings. The topological polar surface area (TPSA) is 79.5 Å². The number of nitrogens with zero attached hydrogens (tertiary/aromatic N) is 1. The molecular weight excluding hydrogens is 246 g/mol. The molecule has 0 saturated carbocycles. The van der Waals surface area contributed by atoms with Crippen LogP contribution in [0, 0.1) is 0 Å². The zero-order valence-electron chi connectivity index (χ0n) is 10.4. The summed E-state index contributed by atoms with van der Waals surface area (Å²) in [5.41, 5.74) is 0.318. The third-order valence-corrected chi connectivity index (χ3v) is 3.04. The Morgan fingerprint density at radius 1 is 1.21 bits per heavy atom. The van der Waals surface area contributed by atoms with E-state index < -0.39 is 5.97 Å². The molecule has 2 rings (SSSR count). The van der Waals surface area contributed by atoms with Crippen molar-refractivity contribution in [1.29, 1.82) is 0 Å². The molecular formula is C14H15NO4. The minimum Gasteiger partial charge on any atom is -0.478 e. The van der Waals surface area contributed by atoms with E-state index in [-0.39, 0.29) is 17.7 Å². The number of hydrogen-bond donors (Lipinski definition) is 2. The molecule has 0 saturated heterocycles. The maximum atomic E-state index is 12.0. The summed E-state index contributed by atoms with van der Waals surface area (Å²) in [6.07, 6.45) is 1.29. The largest absolute Gasteiger partial charge is 0.478 e. The van der Waals surface area contributed by atoms with Gasteiger partial charge in [-0.1, -0.05) is 18.2 Å². The number of carboxylic acid groups (broad SMARTS) is 1. The van der Waals surface area contributed by atoms with Crippen molar-refractivity contribution >= 4 is 16.9 Å². The summed E-state index contributed by atoms with van der Waals surface area (Å²) in [6.45, 7) is 0.555. The van der Waals surface area contributed by atoms with E-state index >= 15 is 0 Å². The highest BCUT2D eigenvalue weighted by molar-refractivity contribution is 6.02. The van der Waals surface area contributed by atoms with Crippen molar-refractivity contribution < 1.29 is 15.0 Å². The lowest BCUT2D eigenvalue weighted by Gasteiger charge is -2.11. The summed E-state index contributed by atoms with van der Waals surface area (Å²) in [5, 5.41) is 18.5. The zero-order chi connectivity index (χ0) is 13.8. The fraction of sp³-hybridized carbons (Fsp3) is 0.286. The van der Waals surface area contributed by atoms with E-state index in [0.717, 1.165) is 6.07 Å². The van der Waals surface area contributed by atoms with E-state index in [2.05, 4.69) is 0 Å². The molecule has 1 heterocycles. The Morgan fingerprint density at radius 2 is 1.95 bits per heavy atom. The van der Waals surface area contributed by atoms with Crippen molar-refractivity contribution in [2.75, 3.05) is 6.61 Å². The number of pyridine rings is 1. The number of aromatic nitrogens is 1. The molecule has 0 aliphatic carbocycles. The summed E-state index contributed by atoms with van der Waals surface area (Å²) in [4.78, 5) is 23.1. The van der Waals surface area contributed by atoms with Crippen LogP contribution < -0.4 is 5.56 Å². The molecule has 19 heavy (non-hydrogen) atoms. The molecule has 0 unspecified atom stereocenters. The molecule has 2 N–H and O–H groups in total. The second kappa shape index (κ2) is 5.67. The Kier molecular flexibility index (Phi) is 3.97. The Balaban J connectivity index is 2.59. The van der Waals surface area contributed by atoms with E-state index in [0.29, 0.717) is 30.3 Å². The van der Waals surface area contributed by atoms with Gasteiger partial charge in [-0.25, -0.2) is 4.79 Å². The molecule has 5 nitrogen and oxygen atoms in total. The number of hydrogen-bond acceptors (Lipinski definition) is 3. The van der Waals surface area contributed by atoms with Gasteiger partial charge in [0.1, 0.15) is 0 Å². The summed E-state index contributed by atoms with van der Waals surface area (Å²) < 4.78 is 1.55. The highest BCUT2D eigenvalue weighted by Crippen LogP contribution is 2.17. The molecule has 0 radical (unpaired) electrons. The average Bonchev–Trinajstić information content (AvgIpc) is 2.40. The van der Waals surface area contributed by atoms with Crippen LogP contribution in [0.25, 0.3) is 10.9 Å². The van der Waals surface area contributed by atoms with Gasteiger partial charge in [0, 0.05) is 24.6 Å². The monoisotopic (exact) mass is 261 g/mol. The fourth-order valence-electron chi connectivity index (χ4n) is 2.12. The number of fused-ring (bicyclic) bond motifs is 1. The minimum atomic E-state index is -1.10. The molecule has 0 amide bonds. The van der Waals surface area contributed by atoms with Gasteiger partial charge in [0.05, 0.1) is 11.1 Å². The summed E-state index contributed by atoms with van der Waals surface area (Å²) in [7, 11) is 0. The average molecular weight is 261 g/mol. The van der Waals surface area contributed by atoms with Gasteiger partial charge in [-0.3, -0.25) is 4.79 Å². The van der Waals surface area contributed by atoms with Crippen LogP contribution >= 0.6 is 0 Å². The predicted molar refractivity (Wildman–Crippen MR) is 71.5 cm³/mol. The van der Waals surface area contributed by atoms with E-state index in [1.807, 2.05) is 0 Å². The van der Waals surface area contributed by atoms with E-state index in [9.17, 15) is 9.59 Å². The molecule has 1 aromatic heterocycles. The van der Waals surface area contributed by atoms with Crippen molar-refractivity contribution in [2.24, 2.45) is 0 Å². The van der Waals surface area contributed by atoms with Crippen molar-refractivity contribution in [2.45, 2.75) is 19.4 Å². The summed E-state index contributed by atoms with van der Waals surface area (Å²) >= 11 is 0. The standard InChI is InChI=1S/C14H15NO4/c16-8-4-3-7-15-12-6-2-1-5-10(12)11(14(18)19)9-13(15)17/h1-2,5-6,9,16H,3-4,7-8H2,(H,18,19). The first kappa shape index (κ1) is 13.3. The maximum absolute atomic E-state index is 12.0. The number of benzene rings is 1. The first-order valence-corrected chi connectivity index (χ1v) is 6.12. The van der Waals surface area contributed by atoms with Crippen LogP contribution in [-0.2, 0) is 6.54 Å². The minimum absolute atomic E-state index is 0.0269. The van der Waals surface area contributed by atoms with Crippen LogP contribution in [0.1, 0.15) is 23.2 Å². The number of carboxylic acids is 1.